The predicted molar refractivity (Wildman–Crippen MR) is 79.8 cm³/mol. The van der Waals surface area contributed by atoms with Crippen molar-refractivity contribution in [3.63, 3.8) is 0 Å². The Morgan fingerprint density at radius 3 is 2.95 bits per heavy atom. The van der Waals surface area contributed by atoms with Gasteiger partial charge in [-0.1, -0.05) is 11.2 Å². The number of aromatic nitrogens is 2. The van der Waals surface area contributed by atoms with Gasteiger partial charge in [-0.05, 0) is 38.1 Å². The number of nitrogens with zero attached hydrogens (tertiary/aromatic N) is 3. The van der Waals surface area contributed by atoms with E-state index in [1.54, 1.807) is 11.3 Å². The summed E-state index contributed by atoms with van der Waals surface area (Å²) in [5.74, 6) is 0.670. The zero-order chi connectivity index (χ0) is 13.9. The molecule has 1 aliphatic carbocycles. The van der Waals surface area contributed by atoms with Crippen LogP contribution in [0.2, 0.25) is 0 Å². The Morgan fingerprint density at radius 1 is 1.45 bits per heavy atom. The van der Waals surface area contributed by atoms with Crippen LogP contribution in [0.25, 0.3) is 0 Å². The highest BCUT2D eigenvalue weighted by Crippen LogP contribution is 2.22. The SMILES string of the molecule is CC(C)N(Cc1cccs1)c1nnc(CNC2CC2)o1. The lowest BCUT2D eigenvalue weighted by molar-refractivity contribution is 0.450. The third-order valence-electron chi connectivity index (χ3n) is 3.35. The average Bonchev–Trinajstić information content (AvgIpc) is 2.91. The van der Waals surface area contributed by atoms with Gasteiger partial charge in [0, 0.05) is 17.0 Å². The van der Waals surface area contributed by atoms with Gasteiger partial charge in [0.25, 0.3) is 0 Å². The zero-order valence-corrected chi connectivity index (χ0v) is 12.7. The molecule has 0 spiro atoms. The van der Waals surface area contributed by atoms with E-state index in [1.165, 1.54) is 17.7 Å². The van der Waals surface area contributed by atoms with E-state index < -0.39 is 0 Å². The Labute approximate surface area is 123 Å². The minimum absolute atomic E-state index is 0.321. The fourth-order valence-electron chi connectivity index (χ4n) is 1.99. The molecule has 3 rings (SSSR count). The molecule has 0 aromatic carbocycles. The number of hydrogen-bond donors (Lipinski definition) is 1. The van der Waals surface area contributed by atoms with Crippen molar-refractivity contribution in [1.29, 1.82) is 0 Å². The van der Waals surface area contributed by atoms with E-state index in [2.05, 4.69) is 51.8 Å². The van der Waals surface area contributed by atoms with Crippen LogP contribution in [0.3, 0.4) is 0 Å². The van der Waals surface area contributed by atoms with Crippen molar-refractivity contribution in [2.24, 2.45) is 0 Å². The highest BCUT2D eigenvalue weighted by Gasteiger charge is 2.22. The van der Waals surface area contributed by atoms with Gasteiger partial charge in [0.15, 0.2) is 0 Å². The number of anilines is 1. The van der Waals surface area contributed by atoms with E-state index >= 15 is 0 Å². The first kappa shape index (κ1) is 13.6. The molecule has 0 saturated heterocycles. The highest BCUT2D eigenvalue weighted by atomic mass is 32.1. The standard InChI is InChI=1S/C14H20N4OS/c1-10(2)18(9-12-4-3-7-20-12)14-17-16-13(19-14)8-15-11-5-6-11/h3-4,7,10-11,15H,5-6,8-9H2,1-2H3. The molecule has 2 aromatic heterocycles. The summed E-state index contributed by atoms with van der Waals surface area (Å²) >= 11 is 1.75. The van der Waals surface area contributed by atoms with Gasteiger partial charge in [0.2, 0.25) is 5.89 Å². The third-order valence-corrected chi connectivity index (χ3v) is 4.21. The summed E-state index contributed by atoms with van der Waals surface area (Å²) in [7, 11) is 0. The maximum atomic E-state index is 5.78. The second-order valence-electron chi connectivity index (χ2n) is 5.43. The molecule has 1 N–H and O–H groups in total. The molecule has 6 heteroatoms. The molecular weight excluding hydrogens is 272 g/mol. The Bertz CT molecular complexity index is 533. The third kappa shape index (κ3) is 3.37. The first-order valence-corrected chi connectivity index (χ1v) is 7.95. The van der Waals surface area contributed by atoms with Gasteiger partial charge in [-0.25, -0.2) is 0 Å². The lowest BCUT2D eigenvalue weighted by Crippen LogP contribution is -2.30. The molecule has 0 radical (unpaired) electrons. The zero-order valence-electron chi connectivity index (χ0n) is 11.9. The number of rotatable bonds is 7. The van der Waals surface area contributed by atoms with E-state index in [-0.39, 0.29) is 0 Å². The molecule has 1 aliphatic rings. The number of thiophene rings is 1. The van der Waals surface area contributed by atoms with Crippen LogP contribution < -0.4 is 10.2 Å². The molecule has 1 fully saturated rings. The Morgan fingerprint density at radius 2 is 2.30 bits per heavy atom. The topological polar surface area (TPSA) is 54.2 Å². The minimum Gasteiger partial charge on any atom is -0.407 e. The number of nitrogens with one attached hydrogen (secondary N) is 1. The Kier molecular flexibility index (Phi) is 4.03. The van der Waals surface area contributed by atoms with E-state index in [1.807, 2.05) is 0 Å². The van der Waals surface area contributed by atoms with Crippen LogP contribution in [-0.4, -0.2) is 22.3 Å². The van der Waals surface area contributed by atoms with Crippen LogP contribution in [0.15, 0.2) is 21.9 Å². The fraction of sp³-hybridized carbons (Fsp3) is 0.571. The average molecular weight is 292 g/mol. The predicted octanol–water partition coefficient (Wildman–Crippen LogP) is 2.80. The first-order valence-electron chi connectivity index (χ1n) is 7.07. The van der Waals surface area contributed by atoms with E-state index in [4.69, 9.17) is 4.42 Å². The van der Waals surface area contributed by atoms with Crippen molar-refractivity contribution < 1.29 is 4.42 Å². The summed E-state index contributed by atoms with van der Waals surface area (Å²) in [6, 6.07) is 5.78. The van der Waals surface area contributed by atoms with Crippen molar-refractivity contribution in [3.05, 3.63) is 28.3 Å². The van der Waals surface area contributed by atoms with Gasteiger partial charge in [0.1, 0.15) is 0 Å². The Balaban J connectivity index is 1.66. The van der Waals surface area contributed by atoms with Crippen LogP contribution in [0, 0.1) is 0 Å². The lowest BCUT2D eigenvalue weighted by Gasteiger charge is -2.23. The molecular formula is C14H20N4OS. The molecule has 2 aromatic rings. The van der Waals surface area contributed by atoms with E-state index in [9.17, 15) is 0 Å². The largest absolute Gasteiger partial charge is 0.407 e. The molecule has 0 unspecified atom stereocenters. The summed E-state index contributed by atoms with van der Waals surface area (Å²) in [6.45, 7) is 5.76. The van der Waals surface area contributed by atoms with Crippen LogP contribution in [0.5, 0.6) is 0 Å². The second kappa shape index (κ2) is 5.93. The van der Waals surface area contributed by atoms with E-state index in [0.29, 0.717) is 30.5 Å². The van der Waals surface area contributed by atoms with Crippen molar-refractivity contribution in [1.82, 2.24) is 15.5 Å². The molecule has 5 nitrogen and oxygen atoms in total. The van der Waals surface area contributed by atoms with Gasteiger partial charge in [-0.2, -0.15) is 0 Å². The Hall–Kier alpha value is -1.40. The number of hydrogen-bond acceptors (Lipinski definition) is 6. The monoisotopic (exact) mass is 292 g/mol. The summed E-state index contributed by atoms with van der Waals surface area (Å²) < 4.78 is 5.78. The fourth-order valence-corrected chi connectivity index (χ4v) is 2.70. The lowest BCUT2D eigenvalue weighted by atomic mass is 10.3. The molecule has 108 valence electrons. The molecule has 0 atom stereocenters. The smallest absolute Gasteiger partial charge is 0.318 e. The maximum Gasteiger partial charge on any atom is 0.318 e. The van der Waals surface area contributed by atoms with Crippen LogP contribution in [0.4, 0.5) is 6.01 Å². The van der Waals surface area contributed by atoms with Crippen molar-refractivity contribution in [3.8, 4) is 0 Å². The van der Waals surface area contributed by atoms with Crippen LogP contribution in [-0.2, 0) is 13.1 Å². The summed E-state index contributed by atoms with van der Waals surface area (Å²) in [4.78, 5) is 3.44. The van der Waals surface area contributed by atoms with Crippen molar-refractivity contribution >= 4 is 17.4 Å². The molecule has 0 bridgehead atoms. The van der Waals surface area contributed by atoms with Crippen LogP contribution >= 0.6 is 11.3 Å². The van der Waals surface area contributed by atoms with Gasteiger partial charge in [0.05, 0.1) is 13.1 Å². The maximum absolute atomic E-state index is 5.78. The van der Waals surface area contributed by atoms with Crippen molar-refractivity contribution in [2.75, 3.05) is 4.90 Å². The van der Waals surface area contributed by atoms with Gasteiger partial charge < -0.3 is 14.6 Å². The molecule has 20 heavy (non-hydrogen) atoms. The molecule has 2 heterocycles. The molecule has 0 amide bonds. The van der Waals surface area contributed by atoms with Gasteiger partial charge >= 0.3 is 6.01 Å². The van der Waals surface area contributed by atoms with E-state index in [0.717, 1.165) is 6.54 Å². The highest BCUT2D eigenvalue weighted by molar-refractivity contribution is 7.09. The second-order valence-corrected chi connectivity index (χ2v) is 6.47. The molecule has 1 saturated carbocycles. The van der Waals surface area contributed by atoms with Gasteiger partial charge in [-0.15, -0.1) is 16.4 Å². The quantitative estimate of drug-likeness (QED) is 0.850. The van der Waals surface area contributed by atoms with Gasteiger partial charge in [-0.3, -0.25) is 0 Å². The summed E-state index contributed by atoms with van der Waals surface area (Å²) in [6.07, 6.45) is 2.52. The van der Waals surface area contributed by atoms with Crippen LogP contribution in [0.1, 0.15) is 37.5 Å². The minimum atomic E-state index is 0.321. The van der Waals surface area contributed by atoms with Crippen molar-refractivity contribution in [2.45, 2.75) is 51.9 Å². The summed E-state index contributed by atoms with van der Waals surface area (Å²) in [5, 5.41) is 13.8. The first-order chi connectivity index (χ1) is 9.72. The normalized spacial score (nSPS) is 14.9. The molecule has 0 aliphatic heterocycles. The summed E-state index contributed by atoms with van der Waals surface area (Å²) in [5.41, 5.74) is 0.